The maximum Gasteiger partial charge on any atom is 0.252 e. The van der Waals surface area contributed by atoms with E-state index in [0.717, 1.165) is 44.6 Å². The number of ether oxygens (including phenoxy) is 1. The van der Waals surface area contributed by atoms with Crippen molar-refractivity contribution in [1.82, 2.24) is 15.5 Å². The number of aryl methyl sites for hydroxylation is 1. The van der Waals surface area contributed by atoms with E-state index in [1.165, 1.54) is 0 Å². The zero-order chi connectivity index (χ0) is 11.2. The van der Waals surface area contributed by atoms with Crippen molar-refractivity contribution in [2.24, 2.45) is 0 Å². The Kier molecular flexibility index (Phi) is 4.30. The summed E-state index contributed by atoms with van der Waals surface area (Å²) < 4.78 is 10.8. The minimum Gasteiger partial charge on any atom is -0.368 e. The summed E-state index contributed by atoms with van der Waals surface area (Å²) in [6.07, 6.45) is 4.37. The summed E-state index contributed by atoms with van der Waals surface area (Å²) in [6.45, 7) is 4.62. The molecule has 16 heavy (non-hydrogen) atoms. The number of nitrogens with zero attached hydrogens (tertiary/aromatic N) is 2. The highest BCUT2D eigenvalue weighted by atomic mass is 16.5. The maximum absolute atomic E-state index is 5.72. The maximum atomic E-state index is 5.72. The fraction of sp³-hybridized carbons (Fsp3) is 0.818. The monoisotopic (exact) mass is 225 g/mol. The highest BCUT2D eigenvalue weighted by molar-refractivity contribution is 4.85. The van der Waals surface area contributed by atoms with Crippen molar-refractivity contribution < 1.29 is 9.26 Å². The van der Waals surface area contributed by atoms with E-state index in [2.05, 4.69) is 22.4 Å². The molecule has 2 heterocycles. The van der Waals surface area contributed by atoms with Gasteiger partial charge < -0.3 is 14.6 Å². The zero-order valence-corrected chi connectivity index (χ0v) is 9.74. The van der Waals surface area contributed by atoms with Gasteiger partial charge >= 0.3 is 0 Å². The summed E-state index contributed by atoms with van der Waals surface area (Å²) >= 11 is 0. The van der Waals surface area contributed by atoms with E-state index in [-0.39, 0.29) is 0 Å². The minimum absolute atomic E-state index is 0.336. The Labute approximate surface area is 95.6 Å². The molecule has 0 bridgehead atoms. The SMILES string of the molecule is CCCc1noc(COC2CCNCC2)n1. The molecule has 1 aromatic rings. The summed E-state index contributed by atoms with van der Waals surface area (Å²) in [5.74, 6) is 1.38. The smallest absolute Gasteiger partial charge is 0.252 e. The van der Waals surface area contributed by atoms with Crippen LogP contribution >= 0.6 is 0 Å². The first-order chi connectivity index (χ1) is 7.88. The Hall–Kier alpha value is -0.940. The fourth-order valence-electron chi connectivity index (χ4n) is 1.83. The molecule has 5 heteroatoms. The van der Waals surface area contributed by atoms with E-state index in [1.54, 1.807) is 0 Å². The highest BCUT2D eigenvalue weighted by Gasteiger charge is 2.14. The van der Waals surface area contributed by atoms with Gasteiger partial charge in [0.25, 0.3) is 5.89 Å². The molecule has 1 aromatic heterocycles. The van der Waals surface area contributed by atoms with Crippen LogP contribution in [0.1, 0.15) is 37.9 Å². The average Bonchev–Trinajstić information content (AvgIpc) is 2.76. The molecular weight excluding hydrogens is 206 g/mol. The van der Waals surface area contributed by atoms with Crippen LogP contribution in [0.25, 0.3) is 0 Å². The summed E-state index contributed by atoms with van der Waals surface area (Å²) in [7, 11) is 0. The van der Waals surface area contributed by atoms with Crippen LogP contribution in [0.2, 0.25) is 0 Å². The Morgan fingerprint density at radius 2 is 2.25 bits per heavy atom. The first-order valence-corrected chi connectivity index (χ1v) is 6.02. The molecule has 0 unspecified atom stereocenters. The molecular formula is C11H19N3O2. The van der Waals surface area contributed by atoms with Crippen molar-refractivity contribution in [1.29, 1.82) is 0 Å². The van der Waals surface area contributed by atoms with Gasteiger partial charge in [-0.05, 0) is 32.4 Å². The fourth-order valence-corrected chi connectivity index (χ4v) is 1.83. The van der Waals surface area contributed by atoms with Gasteiger partial charge in [0.05, 0.1) is 6.10 Å². The molecule has 0 spiro atoms. The quantitative estimate of drug-likeness (QED) is 0.818. The second-order valence-corrected chi connectivity index (χ2v) is 4.11. The topological polar surface area (TPSA) is 60.2 Å². The van der Waals surface area contributed by atoms with Gasteiger partial charge in [0.1, 0.15) is 6.61 Å². The first kappa shape index (κ1) is 11.5. The molecule has 2 rings (SSSR count). The molecule has 0 aromatic carbocycles. The molecule has 0 saturated carbocycles. The number of aromatic nitrogens is 2. The predicted molar refractivity (Wildman–Crippen MR) is 59.0 cm³/mol. The van der Waals surface area contributed by atoms with Crippen LogP contribution in [0.4, 0.5) is 0 Å². The number of rotatable bonds is 5. The summed E-state index contributed by atoms with van der Waals surface area (Å²) in [5, 5.41) is 7.19. The van der Waals surface area contributed by atoms with Crippen molar-refractivity contribution in [3.63, 3.8) is 0 Å². The van der Waals surface area contributed by atoms with Crippen LogP contribution in [0.3, 0.4) is 0 Å². The van der Waals surface area contributed by atoms with Crippen LogP contribution in [-0.2, 0) is 17.8 Å². The van der Waals surface area contributed by atoms with Gasteiger partial charge in [-0.2, -0.15) is 4.98 Å². The molecule has 5 nitrogen and oxygen atoms in total. The second-order valence-electron chi connectivity index (χ2n) is 4.11. The molecule has 90 valence electrons. The van der Waals surface area contributed by atoms with Gasteiger partial charge in [-0.3, -0.25) is 0 Å². The van der Waals surface area contributed by atoms with E-state index in [1.807, 2.05) is 0 Å². The number of hydrogen-bond acceptors (Lipinski definition) is 5. The zero-order valence-electron chi connectivity index (χ0n) is 9.74. The molecule has 1 saturated heterocycles. The second kappa shape index (κ2) is 5.96. The first-order valence-electron chi connectivity index (χ1n) is 6.02. The minimum atomic E-state index is 0.336. The van der Waals surface area contributed by atoms with Crippen LogP contribution in [0, 0.1) is 0 Å². The van der Waals surface area contributed by atoms with Gasteiger partial charge in [-0.15, -0.1) is 0 Å². The summed E-state index contributed by atoms with van der Waals surface area (Å²) in [6, 6.07) is 0. The van der Waals surface area contributed by atoms with Gasteiger partial charge in [0.2, 0.25) is 0 Å². The summed E-state index contributed by atoms with van der Waals surface area (Å²) in [4.78, 5) is 4.27. The standard InChI is InChI=1S/C11H19N3O2/c1-2-3-10-13-11(16-14-10)8-15-9-4-6-12-7-5-9/h9,12H,2-8H2,1H3. The van der Waals surface area contributed by atoms with Gasteiger partial charge in [-0.25, -0.2) is 0 Å². The molecule has 0 aliphatic carbocycles. The Balaban J connectivity index is 1.75. The lowest BCUT2D eigenvalue weighted by Gasteiger charge is -2.21. The number of hydrogen-bond donors (Lipinski definition) is 1. The van der Waals surface area contributed by atoms with Crippen LogP contribution < -0.4 is 5.32 Å². The van der Waals surface area contributed by atoms with Gasteiger partial charge in [-0.1, -0.05) is 12.1 Å². The van der Waals surface area contributed by atoms with Gasteiger partial charge in [0, 0.05) is 6.42 Å². The summed E-state index contributed by atoms with van der Waals surface area (Å²) in [5.41, 5.74) is 0. The lowest BCUT2D eigenvalue weighted by molar-refractivity contribution is 0.00859. The number of piperidine rings is 1. The lowest BCUT2D eigenvalue weighted by Crippen LogP contribution is -2.32. The van der Waals surface area contributed by atoms with Crippen molar-refractivity contribution in [3.8, 4) is 0 Å². The third-order valence-electron chi connectivity index (χ3n) is 2.71. The van der Waals surface area contributed by atoms with E-state index in [9.17, 15) is 0 Å². The van der Waals surface area contributed by atoms with Crippen molar-refractivity contribution in [2.75, 3.05) is 13.1 Å². The van der Waals surface area contributed by atoms with E-state index >= 15 is 0 Å². The van der Waals surface area contributed by atoms with Crippen LogP contribution in [0.15, 0.2) is 4.52 Å². The molecule has 1 fully saturated rings. The van der Waals surface area contributed by atoms with Crippen LogP contribution in [0.5, 0.6) is 0 Å². The Bertz CT molecular complexity index is 308. The third-order valence-corrected chi connectivity index (χ3v) is 2.71. The molecule has 1 aliphatic rings. The lowest BCUT2D eigenvalue weighted by atomic mass is 10.1. The molecule has 0 radical (unpaired) electrons. The third kappa shape index (κ3) is 3.28. The Morgan fingerprint density at radius 1 is 1.44 bits per heavy atom. The largest absolute Gasteiger partial charge is 0.368 e. The molecule has 1 N–H and O–H groups in total. The van der Waals surface area contributed by atoms with Crippen LogP contribution in [-0.4, -0.2) is 29.3 Å². The van der Waals surface area contributed by atoms with Crippen molar-refractivity contribution in [2.45, 2.75) is 45.3 Å². The van der Waals surface area contributed by atoms with Crippen molar-refractivity contribution >= 4 is 0 Å². The van der Waals surface area contributed by atoms with E-state index < -0.39 is 0 Å². The van der Waals surface area contributed by atoms with Crippen molar-refractivity contribution in [3.05, 3.63) is 11.7 Å². The normalized spacial score (nSPS) is 17.8. The average molecular weight is 225 g/mol. The number of nitrogens with one attached hydrogen (secondary N) is 1. The predicted octanol–water partition coefficient (Wildman–Crippen LogP) is 1.29. The molecule has 1 aliphatic heterocycles. The molecule has 0 atom stereocenters. The highest BCUT2D eigenvalue weighted by Crippen LogP contribution is 2.10. The van der Waals surface area contributed by atoms with E-state index in [4.69, 9.17) is 9.26 Å². The Morgan fingerprint density at radius 3 is 3.00 bits per heavy atom. The van der Waals surface area contributed by atoms with E-state index in [0.29, 0.717) is 18.6 Å². The van der Waals surface area contributed by atoms with Gasteiger partial charge in [0.15, 0.2) is 5.82 Å². The molecule has 0 amide bonds.